The zero-order valence-electron chi connectivity index (χ0n) is 16.8. The van der Waals surface area contributed by atoms with Gasteiger partial charge in [0.05, 0.1) is 31.0 Å². The zero-order chi connectivity index (χ0) is 19.6. The maximum atomic E-state index is 6.15. The van der Waals surface area contributed by atoms with E-state index in [1.165, 1.54) is 0 Å². The van der Waals surface area contributed by atoms with E-state index < -0.39 is 0 Å². The van der Waals surface area contributed by atoms with Crippen LogP contribution in [0.4, 0.5) is 0 Å². The lowest BCUT2D eigenvalue weighted by molar-refractivity contribution is -0.0365. The number of benzene rings is 1. The molecule has 0 N–H and O–H groups in total. The van der Waals surface area contributed by atoms with Crippen LogP contribution in [-0.2, 0) is 16.0 Å². The summed E-state index contributed by atoms with van der Waals surface area (Å²) in [5, 5.41) is 15.0. The maximum Gasteiger partial charge on any atom is 0.150 e. The summed E-state index contributed by atoms with van der Waals surface area (Å²) in [7, 11) is 0. The molecular weight excluding hydrogens is 370 g/mol. The van der Waals surface area contributed by atoms with Gasteiger partial charge in [0.2, 0.25) is 0 Å². The monoisotopic (exact) mass is 397 g/mol. The lowest BCUT2D eigenvalue weighted by Crippen LogP contribution is -2.19. The first-order chi connectivity index (χ1) is 14.3. The first-order valence-corrected chi connectivity index (χ1v) is 10.6. The molecule has 2 atom stereocenters. The molecule has 0 aliphatic carbocycles. The Kier molecular flexibility index (Phi) is 5.20. The molecule has 2 aromatic heterocycles. The highest BCUT2D eigenvalue weighted by Gasteiger charge is 2.23. The fourth-order valence-electron chi connectivity index (χ4n) is 3.98. The van der Waals surface area contributed by atoms with Gasteiger partial charge in [-0.3, -0.25) is 0 Å². The summed E-state index contributed by atoms with van der Waals surface area (Å²) in [6.45, 7) is 4.95. The molecule has 4 bridgehead atoms. The van der Waals surface area contributed by atoms with Gasteiger partial charge in [0, 0.05) is 25.0 Å². The molecule has 1 saturated heterocycles. The van der Waals surface area contributed by atoms with Gasteiger partial charge in [-0.25, -0.2) is 4.68 Å². The summed E-state index contributed by atoms with van der Waals surface area (Å²) in [5.74, 6) is 0.831. The van der Waals surface area contributed by atoms with Crippen molar-refractivity contribution in [2.24, 2.45) is 0 Å². The Morgan fingerprint density at radius 2 is 2.00 bits per heavy atom. The number of nitrogens with zero attached hydrogens (tertiary/aromatic N) is 5. The molecule has 0 radical (unpaired) electrons. The van der Waals surface area contributed by atoms with E-state index in [-0.39, 0.29) is 12.3 Å². The third-order valence-corrected chi connectivity index (χ3v) is 5.54. The van der Waals surface area contributed by atoms with Crippen LogP contribution in [0.1, 0.15) is 45.3 Å². The van der Waals surface area contributed by atoms with Crippen molar-refractivity contribution in [2.75, 3.05) is 19.8 Å². The topological polar surface area (TPSA) is 76.2 Å². The second-order valence-corrected chi connectivity index (χ2v) is 7.80. The van der Waals surface area contributed by atoms with E-state index in [9.17, 15) is 0 Å². The van der Waals surface area contributed by atoms with Crippen LogP contribution in [0.3, 0.4) is 0 Å². The average molecular weight is 397 g/mol. The number of hydrogen-bond donors (Lipinski definition) is 0. The highest BCUT2D eigenvalue weighted by atomic mass is 16.5. The van der Waals surface area contributed by atoms with Crippen molar-refractivity contribution >= 4 is 10.9 Å². The van der Waals surface area contributed by atoms with E-state index in [1.54, 1.807) is 11.0 Å². The van der Waals surface area contributed by atoms with Crippen LogP contribution in [0.2, 0.25) is 0 Å². The summed E-state index contributed by atoms with van der Waals surface area (Å²) in [6.07, 6.45) is 6.78. The largest absolute Gasteiger partial charge is 0.491 e. The Hall–Kier alpha value is -2.45. The van der Waals surface area contributed by atoms with Crippen LogP contribution >= 0.6 is 0 Å². The molecule has 1 aromatic carbocycles. The first kappa shape index (κ1) is 18.6. The standard InChI is InChI=1S/C21H27N5O3/c1-15-8-12-27-10-4-9-25-22-14-18(23-25)21-17-13-16(29-15)6-7-19(17)26(24-21)20-5-2-3-11-28-20/h6-7,13-15,20H,2-5,8-12H2,1H3/t15-,20?/m0/s1. The fourth-order valence-corrected chi connectivity index (χ4v) is 3.98. The van der Waals surface area contributed by atoms with Crippen molar-refractivity contribution < 1.29 is 14.2 Å². The summed E-state index contributed by atoms with van der Waals surface area (Å²) >= 11 is 0. The molecule has 29 heavy (non-hydrogen) atoms. The fraction of sp³-hybridized carbons (Fsp3) is 0.571. The van der Waals surface area contributed by atoms with Gasteiger partial charge in [0.25, 0.3) is 0 Å². The average Bonchev–Trinajstić information content (AvgIpc) is 3.35. The van der Waals surface area contributed by atoms with Crippen LogP contribution in [0.25, 0.3) is 22.3 Å². The normalized spacial score (nSPS) is 23.5. The van der Waals surface area contributed by atoms with E-state index in [4.69, 9.17) is 19.3 Å². The van der Waals surface area contributed by atoms with Crippen molar-refractivity contribution in [1.29, 1.82) is 0 Å². The predicted molar refractivity (Wildman–Crippen MR) is 108 cm³/mol. The second-order valence-electron chi connectivity index (χ2n) is 7.80. The van der Waals surface area contributed by atoms with Crippen LogP contribution in [0, 0.1) is 0 Å². The number of fused-ring (bicyclic) bond motifs is 4. The Balaban J connectivity index is 1.60. The third-order valence-electron chi connectivity index (χ3n) is 5.54. The van der Waals surface area contributed by atoms with Crippen molar-refractivity contribution in [3.8, 4) is 17.1 Å². The summed E-state index contributed by atoms with van der Waals surface area (Å²) in [6, 6.07) is 6.15. The van der Waals surface area contributed by atoms with Gasteiger partial charge in [0.15, 0.2) is 6.23 Å². The molecule has 5 rings (SSSR count). The number of ether oxygens (including phenoxy) is 3. The quantitative estimate of drug-likeness (QED) is 0.625. The van der Waals surface area contributed by atoms with Crippen LogP contribution in [0.15, 0.2) is 24.4 Å². The van der Waals surface area contributed by atoms with Gasteiger partial charge in [-0.15, -0.1) is 0 Å². The minimum atomic E-state index is -0.0384. The lowest BCUT2D eigenvalue weighted by atomic mass is 10.1. The van der Waals surface area contributed by atoms with Crippen LogP contribution in [-0.4, -0.2) is 50.7 Å². The smallest absolute Gasteiger partial charge is 0.150 e. The number of rotatable bonds is 1. The predicted octanol–water partition coefficient (Wildman–Crippen LogP) is 3.57. The lowest BCUT2D eigenvalue weighted by Gasteiger charge is -2.23. The minimum Gasteiger partial charge on any atom is -0.491 e. The Labute approximate surface area is 169 Å². The highest BCUT2D eigenvalue weighted by molar-refractivity contribution is 5.93. The van der Waals surface area contributed by atoms with Gasteiger partial charge in [0.1, 0.15) is 17.1 Å². The summed E-state index contributed by atoms with van der Waals surface area (Å²) in [4.78, 5) is 1.73. The molecule has 2 aliphatic heterocycles. The first-order valence-electron chi connectivity index (χ1n) is 10.6. The highest BCUT2D eigenvalue weighted by Crippen LogP contribution is 2.34. The molecule has 0 saturated carbocycles. The van der Waals surface area contributed by atoms with E-state index >= 15 is 0 Å². The van der Waals surface area contributed by atoms with Gasteiger partial charge in [-0.2, -0.15) is 20.1 Å². The summed E-state index contributed by atoms with van der Waals surface area (Å²) in [5.41, 5.74) is 2.63. The molecule has 8 heteroatoms. The van der Waals surface area contributed by atoms with Crippen molar-refractivity contribution in [3.05, 3.63) is 24.4 Å². The SMILES string of the molecule is C[C@H]1CCOCCCn2ncc(n2)-c2nn(C3CCCCO3)c3ccc(cc23)O1. The van der Waals surface area contributed by atoms with E-state index in [2.05, 4.69) is 29.3 Å². The molecule has 4 heterocycles. The number of aromatic nitrogens is 5. The molecule has 2 aliphatic rings. The minimum absolute atomic E-state index is 0.0384. The second kappa shape index (κ2) is 8.12. The van der Waals surface area contributed by atoms with Crippen molar-refractivity contribution in [1.82, 2.24) is 24.8 Å². The van der Waals surface area contributed by atoms with Crippen LogP contribution in [0.5, 0.6) is 5.75 Å². The number of aryl methyl sites for hydroxylation is 1. The Morgan fingerprint density at radius 3 is 2.90 bits per heavy atom. The van der Waals surface area contributed by atoms with Gasteiger partial charge >= 0.3 is 0 Å². The molecule has 3 aromatic rings. The molecule has 8 nitrogen and oxygen atoms in total. The third kappa shape index (κ3) is 3.86. The van der Waals surface area contributed by atoms with Gasteiger partial charge < -0.3 is 14.2 Å². The Morgan fingerprint density at radius 1 is 1.03 bits per heavy atom. The van der Waals surface area contributed by atoms with Crippen molar-refractivity contribution in [2.45, 2.75) is 57.9 Å². The van der Waals surface area contributed by atoms with Gasteiger partial charge in [-0.1, -0.05) is 0 Å². The van der Waals surface area contributed by atoms with Gasteiger partial charge in [-0.05, 0) is 50.8 Å². The number of hydrogen-bond acceptors (Lipinski definition) is 6. The van der Waals surface area contributed by atoms with Crippen molar-refractivity contribution in [3.63, 3.8) is 0 Å². The zero-order valence-corrected chi connectivity index (χ0v) is 16.8. The molecular formula is C21H27N5O3. The van der Waals surface area contributed by atoms with Crippen LogP contribution < -0.4 is 4.74 Å². The molecule has 154 valence electrons. The molecule has 0 spiro atoms. The van der Waals surface area contributed by atoms with E-state index in [1.807, 2.05) is 10.7 Å². The van der Waals surface area contributed by atoms with E-state index in [0.29, 0.717) is 13.2 Å². The summed E-state index contributed by atoms with van der Waals surface area (Å²) < 4.78 is 19.9. The Bertz CT molecular complexity index is 976. The molecule has 1 fully saturated rings. The van der Waals surface area contributed by atoms with E-state index in [0.717, 1.165) is 73.3 Å². The maximum absolute atomic E-state index is 6.15. The molecule has 0 amide bonds. The molecule has 1 unspecified atom stereocenters.